The summed E-state index contributed by atoms with van der Waals surface area (Å²) in [7, 11) is 1.88. The summed E-state index contributed by atoms with van der Waals surface area (Å²) in [4.78, 5) is 10.5. The minimum atomic E-state index is 0.429. The first-order valence-corrected chi connectivity index (χ1v) is 6.27. The minimum absolute atomic E-state index is 0.429. The summed E-state index contributed by atoms with van der Waals surface area (Å²) >= 11 is 3.49. The van der Waals surface area contributed by atoms with Gasteiger partial charge in [-0.3, -0.25) is 9.48 Å². The molecular weight excluding hydrogens is 296 g/mol. The maximum atomic E-state index is 10.5. The molecule has 0 unspecified atom stereocenters. The molecule has 0 bridgehead atoms. The molecule has 0 fully saturated rings. The standard InChI is InChI=1S/C13H13BrN2O2/c1-9-13(14)12(16(2)15-9)8-18-11-5-3-10(7-17)4-6-11/h3-7H,8H2,1-2H3. The quantitative estimate of drug-likeness (QED) is 0.816. The Morgan fingerprint density at radius 2 is 2.06 bits per heavy atom. The predicted molar refractivity (Wildman–Crippen MR) is 71.8 cm³/mol. The second-order valence-corrected chi connectivity index (χ2v) is 4.74. The molecule has 0 N–H and O–H groups in total. The fourth-order valence-corrected chi connectivity index (χ4v) is 2.08. The van der Waals surface area contributed by atoms with Crippen LogP contribution < -0.4 is 4.74 Å². The second-order valence-electron chi connectivity index (χ2n) is 3.95. The molecule has 2 aromatic rings. The number of benzene rings is 1. The number of nitrogens with zero attached hydrogens (tertiary/aromatic N) is 2. The lowest BCUT2D eigenvalue weighted by Gasteiger charge is -2.07. The van der Waals surface area contributed by atoms with Crippen LogP contribution in [0.15, 0.2) is 28.7 Å². The molecule has 0 saturated heterocycles. The van der Waals surface area contributed by atoms with Crippen LogP contribution in [0.2, 0.25) is 0 Å². The lowest BCUT2D eigenvalue weighted by molar-refractivity contribution is 0.112. The van der Waals surface area contributed by atoms with Crippen LogP contribution in [0, 0.1) is 6.92 Å². The van der Waals surface area contributed by atoms with Crippen molar-refractivity contribution in [2.45, 2.75) is 13.5 Å². The van der Waals surface area contributed by atoms with Crippen LogP contribution in [-0.2, 0) is 13.7 Å². The van der Waals surface area contributed by atoms with Gasteiger partial charge < -0.3 is 4.74 Å². The van der Waals surface area contributed by atoms with Crippen LogP contribution in [0.25, 0.3) is 0 Å². The molecule has 1 aromatic heterocycles. The second kappa shape index (κ2) is 5.35. The molecule has 0 aliphatic carbocycles. The van der Waals surface area contributed by atoms with Gasteiger partial charge in [0.2, 0.25) is 0 Å². The minimum Gasteiger partial charge on any atom is -0.487 e. The van der Waals surface area contributed by atoms with E-state index in [0.29, 0.717) is 12.2 Å². The highest BCUT2D eigenvalue weighted by Gasteiger charge is 2.10. The molecule has 1 aromatic carbocycles. The van der Waals surface area contributed by atoms with Crippen molar-refractivity contribution >= 4 is 22.2 Å². The van der Waals surface area contributed by atoms with Gasteiger partial charge in [0.25, 0.3) is 0 Å². The molecule has 0 atom stereocenters. The Morgan fingerprint density at radius 3 is 2.56 bits per heavy atom. The van der Waals surface area contributed by atoms with Crippen molar-refractivity contribution in [3.8, 4) is 5.75 Å². The van der Waals surface area contributed by atoms with E-state index in [1.807, 2.05) is 14.0 Å². The average molecular weight is 309 g/mol. The summed E-state index contributed by atoms with van der Waals surface area (Å²) < 4.78 is 8.42. The van der Waals surface area contributed by atoms with E-state index in [-0.39, 0.29) is 0 Å². The summed E-state index contributed by atoms with van der Waals surface area (Å²) in [5.74, 6) is 0.728. The number of halogens is 1. The van der Waals surface area contributed by atoms with Crippen molar-refractivity contribution in [3.63, 3.8) is 0 Å². The third-order valence-electron chi connectivity index (χ3n) is 2.65. The van der Waals surface area contributed by atoms with Crippen molar-refractivity contribution in [2.24, 2.45) is 7.05 Å². The Balaban J connectivity index is 2.08. The summed E-state index contributed by atoms with van der Waals surface area (Å²) in [5, 5.41) is 4.29. The molecule has 0 spiro atoms. The number of rotatable bonds is 4. The number of hydrogen-bond donors (Lipinski definition) is 0. The summed E-state index contributed by atoms with van der Waals surface area (Å²) in [6.45, 7) is 2.37. The van der Waals surface area contributed by atoms with Gasteiger partial charge in [-0.15, -0.1) is 0 Å². The number of aldehydes is 1. The van der Waals surface area contributed by atoms with Crippen molar-refractivity contribution in [1.82, 2.24) is 9.78 Å². The zero-order valence-corrected chi connectivity index (χ0v) is 11.8. The lowest BCUT2D eigenvalue weighted by atomic mass is 10.2. The molecule has 0 aliphatic rings. The molecule has 1 heterocycles. The van der Waals surface area contributed by atoms with Gasteiger partial charge in [0.15, 0.2) is 0 Å². The van der Waals surface area contributed by atoms with Crippen LogP contribution in [0.5, 0.6) is 5.75 Å². The maximum Gasteiger partial charge on any atom is 0.150 e. The van der Waals surface area contributed by atoms with Gasteiger partial charge in [-0.2, -0.15) is 5.10 Å². The van der Waals surface area contributed by atoms with Crippen LogP contribution >= 0.6 is 15.9 Å². The topological polar surface area (TPSA) is 44.1 Å². The third-order valence-corrected chi connectivity index (χ3v) is 3.68. The van der Waals surface area contributed by atoms with E-state index in [2.05, 4.69) is 21.0 Å². The molecule has 0 radical (unpaired) electrons. The van der Waals surface area contributed by atoms with Gasteiger partial charge in [-0.1, -0.05) is 0 Å². The first kappa shape index (κ1) is 12.8. The van der Waals surface area contributed by atoms with E-state index in [1.165, 1.54) is 0 Å². The van der Waals surface area contributed by atoms with E-state index >= 15 is 0 Å². The largest absolute Gasteiger partial charge is 0.487 e. The molecule has 18 heavy (non-hydrogen) atoms. The van der Waals surface area contributed by atoms with E-state index in [1.54, 1.807) is 28.9 Å². The Labute approximate surface area is 114 Å². The van der Waals surface area contributed by atoms with Gasteiger partial charge in [0.05, 0.1) is 15.9 Å². The number of carbonyl (C=O) groups excluding carboxylic acids is 1. The van der Waals surface area contributed by atoms with E-state index in [9.17, 15) is 4.79 Å². The van der Waals surface area contributed by atoms with Gasteiger partial charge in [0, 0.05) is 12.6 Å². The highest BCUT2D eigenvalue weighted by atomic mass is 79.9. The Hall–Kier alpha value is -1.62. The number of aryl methyl sites for hydroxylation is 2. The Bertz CT molecular complexity index is 561. The third kappa shape index (κ3) is 2.61. The van der Waals surface area contributed by atoms with Crippen molar-refractivity contribution < 1.29 is 9.53 Å². The van der Waals surface area contributed by atoms with Crippen LogP contribution in [0.3, 0.4) is 0 Å². The van der Waals surface area contributed by atoms with E-state index in [4.69, 9.17) is 4.74 Å². The van der Waals surface area contributed by atoms with Gasteiger partial charge in [0.1, 0.15) is 18.6 Å². The average Bonchev–Trinajstić information content (AvgIpc) is 2.62. The van der Waals surface area contributed by atoms with Gasteiger partial charge in [-0.25, -0.2) is 0 Å². The predicted octanol–water partition coefficient (Wildman–Crippen LogP) is 2.88. The highest BCUT2D eigenvalue weighted by molar-refractivity contribution is 9.10. The molecule has 0 aliphatic heterocycles. The monoisotopic (exact) mass is 308 g/mol. The molecule has 4 nitrogen and oxygen atoms in total. The maximum absolute atomic E-state index is 10.5. The first-order valence-electron chi connectivity index (χ1n) is 5.48. The lowest BCUT2D eigenvalue weighted by Crippen LogP contribution is -2.03. The van der Waals surface area contributed by atoms with E-state index in [0.717, 1.165) is 27.9 Å². The van der Waals surface area contributed by atoms with Crippen molar-refractivity contribution in [2.75, 3.05) is 0 Å². The highest BCUT2D eigenvalue weighted by Crippen LogP contribution is 2.22. The number of ether oxygens (including phenoxy) is 1. The van der Waals surface area contributed by atoms with E-state index < -0.39 is 0 Å². The Kier molecular flexibility index (Phi) is 3.81. The van der Waals surface area contributed by atoms with Crippen molar-refractivity contribution in [1.29, 1.82) is 0 Å². The Morgan fingerprint density at radius 1 is 1.39 bits per heavy atom. The molecular formula is C13H13BrN2O2. The number of aromatic nitrogens is 2. The molecule has 2 rings (SSSR count). The smallest absolute Gasteiger partial charge is 0.150 e. The summed E-state index contributed by atoms with van der Waals surface area (Å²) in [5.41, 5.74) is 2.55. The molecule has 5 heteroatoms. The molecule has 0 amide bonds. The van der Waals surface area contributed by atoms with Crippen LogP contribution in [0.4, 0.5) is 0 Å². The zero-order valence-electron chi connectivity index (χ0n) is 10.2. The number of hydrogen-bond acceptors (Lipinski definition) is 3. The van der Waals surface area contributed by atoms with Crippen LogP contribution in [-0.4, -0.2) is 16.1 Å². The number of carbonyl (C=O) groups is 1. The van der Waals surface area contributed by atoms with Gasteiger partial charge >= 0.3 is 0 Å². The SMILES string of the molecule is Cc1nn(C)c(COc2ccc(C=O)cc2)c1Br. The zero-order chi connectivity index (χ0) is 13.1. The fraction of sp³-hybridized carbons (Fsp3) is 0.231. The summed E-state index contributed by atoms with van der Waals surface area (Å²) in [6, 6.07) is 7.01. The first-order chi connectivity index (χ1) is 8.61. The van der Waals surface area contributed by atoms with Gasteiger partial charge in [-0.05, 0) is 47.1 Å². The normalized spacial score (nSPS) is 10.4. The molecule has 94 valence electrons. The molecule has 0 saturated carbocycles. The fourth-order valence-electron chi connectivity index (χ4n) is 1.63. The van der Waals surface area contributed by atoms with Crippen molar-refractivity contribution in [3.05, 3.63) is 45.7 Å². The van der Waals surface area contributed by atoms with Crippen LogP contribution in [0.1, 0.15) is 21.7 Å². The summed E-state index contributed by atoms with van der Waals surface area (Å²) in [6.07, 6.45) is 0.810.